The minimum atomic E-state index is -0.375. The number of hydrogen-bond donors (Lipinski definition) is 0. The molecule has 0 saturated carbocycles. The van der Waals surface area contributed by atoms with Crippen LogP contribution in [-0.4, -0.2) is 37.9 Å². The highest BCUT2D eigenvalue weighted by atomic mass is 16.6. The van der Waals surface area contributed by atoms with Gasteiger partial charge in [0.2, 0.25) is 0 Å². The maximum Gasteiger partial charge on any atom is 0.333 e. The van der Waals surface area contributed by atoms with Crippen LogP contribution in [0, 0.1) is 5.92 Å². The van der Waals surface area contributed by atoms with Crippen molar-refractivity contribution in [2.24, 2.45) is 5.92 Å². The van der Waals surface area contributed by atoms with Crippen LogP contribution in [0.3, 0.4) is 0 Å². The fraction of sp³-hybridized carbons (Fsp3) is 0.625. The second kappa shape index (κ2) is 11.1. The average molecular weight is 298 g/mol. The molecule has 1 saturated heterocycles. The van der Waals surface area contributed by atoms with Crippen LogP contribution in [-0.2, 0) is 23.8 Å². The molecule has 1 aliphatic rings. The van der Waals surface area contributed by atoms with Crippen molar-refractivity contribution in [3.05, 3.63) is 24.8 Å². The van der Waals surface area contributed by atoms with Crippen LogP contribution in [0.15, 0.2) is 24.8 Å². The molecule has 0 spiro atoms. The van der Waals surface area contributed by atoms with E-state index in [0.717, 1.165) is 25.5 Å². The molecule has 120 valence electrons. The quantitative estimate of drug-likeness (QED) is 0.557. The second-order valence-electron chi connectivity index (χ2n) is 5.24. The number of esters is 2. The molecule has 0 aromatic rings. The summed E-state index contributed by atoms with van der Waals surface area (Å²) in [7, 11) is 0. The molecule has 0 amide bonds. The number of carbonyl (C=O) groups excluding carboxylic acids is 2. The van der Waals surface area contributed by atoms with E-state index >= 15 is 0 Å². The van der Waals surface area contributed by atoms with Gasteiger partial charge in [-0.05, 0) is 25.7 Å². The van der Waals surface area contributed by atoms with E-state index in [-0.39, 0.29) is 18.0 Å². The molecule has 1 fully saturated rings. The molecule has 0 aliphatic carbocycles. The Hall–Kier alpha value is -1.62. The Morgan fingerprint density at radius 1 is 1.38 bits per heavy atom. The minimum absolute atomic E-state index is 0.110. The first-order chi connectivity index (χ1) is 9.86. The van der Waals surface area contributed by atoms with Gasteiger partial charge in [0.15, 0.2) is 0 Å². The molecule has 1 rings (SSSR count). The third-order valence-electron chi connectivity index (χ3n) is 2.50. The summed E-state index contributed by atoms with van der Waals surface area (Å²) in [6, 6.07) is 0. The number of ether oxygens (including phenoxy) is 3. The van der Waals surface area contributed by atoms with E-state index in [2.05, 4.69) is 13.2 Å². The van der Waals surface area contributed by atoms with Crippen LogP contribution < -0.4 is 0 Å². The highest BCUT2D eigenvalue weighted by Gasteiger charge is 2.16. The number of rotatable bonds is 6. The first-order valence-corrected chi connectivity index (χ1v) is 7.10. The summed E-state index contributed by atoms with van der Waals surface area (Å²) in [6.07, 6.45) is 3.33. The highest BCUT2D eigenvalue weighted by molar-refractivity contribution is 5.86. The summed E-state index contributed by atoms with van der Waals surface area (Å²) in [5.74, 6) is -0.280. The normalized spacial score (nSPS) is 16.7. The molecule has 0 bridgehead atoms. The fourth-order valence-corrected chi connectivity index (χ4v) is 1.38. The summed E-state index contributed by atoms with van der Waals surface area (Å²) in [6.45, 7) is 14.0. The van der Waals surface area contributed by atoms with Crippen molar-refractivity contribution in [2.75, 3.05) is 19.8 Å². The van der Waals surface area contributed by atoms with Crippen molar-refractivity contribution in [2.45, 2.75) is 39.7 Å². The van der Waals surface area contributed by atoms with Gasteiger partial charge in [-0.3, -0.25) is 0 Å². The largest absolute Gasteiger partial charge is 0.462 e. The molecule has 0 aromatic heterocycles. The van der Waals surface area contributed by atoms with E-state index in [1.807, 2.05) is 13.8 Å². The van der Waals surface area contributed by atoms with E-state index in [1.54, 1.807) is 6.92 Å². The molecular weight excluding hydrogens is 272 g/mol. The van der Waals surface area contributed by atoms with Crippen molar-refractivity contribution in [3.63, 3.8) is 0 Å². The van der Waals surface area contributed by atoms with Gasteiger partial charge in [0.25, 0.3) is 0 Å². The van der Waals surface area contributed by atoms with Crippen LogP contribution in [0.4, 0.5) is 0 Å². The molecule has 1 aliphatic heterocycles. The Bertz CT molecular complexity index is 354. The van der Waals surface area contributed by atoms with Gasteiger partial charge >= 0.3 is 11.9 Å². The van der Waals surface area contributed by atoms with Gasteiger partial charge in [-0.1, -0.05) is 27.0 Å². The first kappa shape index (κ1) is 19.4. The molecule has 0 N–H and O–H groups in total. The van der Waals surface area contributed by atoms with Gasteiger partial charge in [0.05, 0.1) is 12.7 Å². The van der Waals surface area contributed by atoms with E-state index in [1.165, 1.54) is 0 Å². The Balaban J connectivity index is 0.000000384. The van der Waals surface area contributed by atoms with Gasteiger partial charge in [-0.15, -0.1) is 0 Å². The van der Waals surface area contributed by atoms with E-state index in [9.17, 15) is 9.59 Å². The highest BCUT2D eigenvalue weighted by Crippen LogP contribution is 2.11. The molecule has 21 heavy (non-hydrogen) atoms. The zero-order chi connectivity index (χ0) is 16.3. The molecule has 0 radical (unpaired) electrons. The molecule has 1 atom stereocenters. The van der Waals surface area contributed by atoms with Crippen molar-refractivity contribution in [1.29, 1.82) is 0 Å². The maximum absolute atomic E-state index is 10.7. The second-order valence-corrected chi connectivity index (χ2v) is 5.24. The Kier molecular flexibility index (Phi) is 10.2. The first-order valence-electron chi connectivity index (χ1n) is 7.10. The standard InChI is InChI=1S/C8H12O3.C8H14O2/c1-2-8(9)11-6-7-4-3-5-10-7;1-6(2)5-10-8(9)7(3)4/h2,7H,1,3-6H2;6H,3,5H2,1-2,4H3. The van der Waals surface area contributed by atoms with Crippen LogP contribution >= 0.6 is 0 Å². The lowest BCUT2D eigenvalue weighted by molar-refractivity contribution is -0.141. The summed E-state index contributed by atoms with van der Waals surface area (Å²) in [5, 5.41) is 0. The van der Waals surface area contributed by atoms with E-state index in [0.29, 0.717) is 24.7 Å². The fourth-order valence-electron chi connectivity index (χ4n) is 1.38. The van der Waals surface area contributed by atoms with E-state index in [4.69, 9.17) is 14.2 Å². The predicted octanol–water partition coefficient (Wildman–Crippen LogP) is 2.66. The molecule has 1 heterocycles. The van der Waals surface area contributed by atoms with Crippen molar-refractivity contribution in [3.8, 4) is 0 Å². The van der Waals surface area contributed by atoms with Gasteiger partial charge in [0.1, 0.15) is 6.61 Å². The van der Waals surface area contributed by atoms with Crippen molar-refractivity contribution in [1.82, 2.24) is 0 Å². The van der Waals surface area contributed by atoms with Gasteiger partial charge in [-0.25, -0.2) is 9.59 Å². The minimum Gasteiger partial charge on any atom is -0.462 e. The third-order valence-corrected chi connectivity index (χ3v) is 2.50. The van der Waals surface area contributed by atoms with Crippen molar-refractivity contribution >= 4 is 11.9 Å². The number of hydrogen-bond acceptors (Lipinski definition) is 5. The van der Waals surface area contributed by atoms with Crippen LogP contribution in [0.5, 0.6) is 0 Å². The Labute approximate surface area is 126 Å². The number of carbonyl (C=O) groups is 2. The monoisotopic (exact) mass is 298 g/mol. The Morgan fingerprint density at radius 2 is 2.05 bits per heavy atom. The zero-order valence-electron chi connectivity index (χ0n) is 13.2. The summed E-state index contributed by atoms with van der Waals surface area (Å²) >= 11 is 0. The SMILES string of the molecule is C=C(C)C(=O)OCC(C)C.C=CC(=O)OCC1CCCO1. The van der Waals surface area contributed by atoms with Crippen LogP contribution in [0.2, 0.25) is 0 Å². The van der Waals surface area contributed by atoms with Crippen molar-refractivity contribution < 1.29 is 23.8 Å². The lowest BCUT2D eigenvalue weighted by Crippen LogP contribution is -2.16. The van der Waals surface area contributed by atoms with Gasteiger partial charge in [-0.2, -0.15) is 0 Å². The van der Waals surface area contributed by atoms with Crippen LogP contribution in [0.25, 0.3) is 0 Å². The lowest BCUT2D eigenvalue weighted by Gasteiger charge is -2.07. The lowest BCUT2D eigenvalue weighted by atomic mass is 10.2. The van der Waals surface area contributed by atoms with Crippen LogP contribution in [0.1, 0.15) is 33.6 Å². The molecular formula is C16H26O5. The van der Waals surface area contributed by atoms with Gasteiger partial charge < -0.3 is 14.2 Å². The zero-order valence-corrected chi connectivity index (χ0v) is 13.2. The topological polar surface area (TPSA) is 61.8 Å². The molecule has 1 unspecified atom stereocenters. The third kappa shape index (κ3) is 10.8. The Morgan fingerprint density at radius 3 is 2.48 bits per heavy atom. The molecule has 5 nitrogen and oxygen atoms in total. The average Bonchev–Trinajstić information content (AvgIpc) is 2.95. The summed E-state index contributed by atoms with van der Waals surface area (Å²) in [4.78, 5) is 21.3. The molecule has 0 aromatic carbocycles. The molecule has 5 heteroatoms. The maximum atomic E-state index is 10.7. The predicted molar refractivity (Wildman–Crippen MR) is 80.7 cm³/mol. The summed E-state index contributed by atoms with van der Waals surface area (Å²) < 4.78 is 14.9. The van der Waals surface area contributed by atoms with Gasteiger partial charge in [0, 0.05) is 18.3 Å². The summed E-state index contributed by atoms with van der Waals surface area (Å²) in [5.41, 5.74) is 0.459. The van der Waals surface area contributed by atoms with E-state index < -0.39 is 0 Å². The smallest absolute Gasteiger partial charge is 0.333 e.